The molecule has 8 nitrogen and oxygen atoms in total. The zero-order valence-corrected chi connectivity index (χ0v) is 38.0. The van der Waals surface area contributed by atoms with Crippen LogP contribution in [0.4, 0.5) is 0 Å². The van der Waals surface area contributed by atoms with Crippen molar-refractivity contribution in [3.63, 3.8) is 0 Å². The van der Waals surface area contributed by atoms with Crippen LogP contribution in [-0.2, 0) is 18.4 Å². The Bertz CT molecular complexity index is 1050. The van der Waals surface area contributed by atoms with Gasteiger partial charge in [0.15, 0.2) is 0 Å². The van der Waals surface area contributed by atoms with Crippen LogP contribution in [0, 0.1) is 0 Å². The molecule has 1 amide bonds. The molecule has 0 rings (SSSR count). The summed E-state index contributed by atoms with van der Waals surface area (Å²) < 4.78 is 23.4. The molecule has 0 spiro atoms. The van der Waals surface area contributed by atoms with Crippen LogP contribution < -0.4 is 5.32 Å². The number of hydrogen-bond acceptors (Lipinski definition) is 5. The average Bonchev–Trinajstić information content (AvgIpc) is 3.15. The number of allylic oxidation sites excluding steroid dienone is 7. The van der Waals surface area contributed by atoms with Crippen molar-refractivity contribution >= 4 is 13.7 Å². The Labute approximate surface area is 346 Å². The summed E-state index contributed by atoms with van der Waals surface area (Å²) in [6, 6.07) is -0.845. The largest absolute Gasteiger partial charge is 0.472 e. The third-order valence-electron chi connectivity index (χ3n) is 10.0. The third kappa shape index (κ3) is 40.6. The van der Waals surface area contributed by atoms with Crippen molar-refractivity contribution in [2.45, 2.75) is 206 Å². The fourth-order valence-electron chi connectivity index (χ4n) is 6.34. The predicted octanol–water partition coefficient (Wildman–Crippen LogP) is 12.9. The van der Waals surface area contributed by atoms with Crippen molar-refractivity contribution < 1.29 is 32.9 Å². The lowest BCUT2D eigenvalue weighted by molar-refractivity contribution is -0.870. The lowest BCUT2D eigenvalue weighted by Gasteiger charge is -2.25. The van der Waals surface area contributed by atoms with Crippen LogP contribution in [0.3, 0.4) is 0 Å². The highest BCUT2D eigenvalue weighted by atomic mass is 31.2. The number of unbranched alkanes of at least 4 members (excludes halogenated alkanes) is 22. The Hall–Kier alpha value is -1.54. The van der Waals surface area contributed by atoms with Crippen LogP contribution in [-0.4, -0.2) is 73.4 Å². The van der Waals surface area contributed by atoms with Gasteiger partial charge in [-0.05, 0) is 57.8 Å². The van der Waals surface area contributed by atoms with Crippen molar-refractivity contribution in [2.24, 2.45) is 0 Å². The molecule has 0 bridgehead atoms. The maximum absolute atomic E-state index is 12.8. The topological polar surface area (TPSA) is 105 Å². The quantitative estimate of drug-likeness (QED) is 0.0246. The van der Waals surface area contributed by atoms with Crippen LogP contribution in [0.1, 0.15) is 194 Å². The second kappa shape index (κ2) is 38.9. The molecule has 0 aromatic carbocycles. The van der Waals surface area contributed by atoms with Gasteiger partial charge in [-0.25, -0.2) is 4.57 Å². The molecule has 3 atom stereocenters. The van der Waals surface area contributed by atoms with Gasteiger partial charge in [-0.3, -0.25) is 13.8 Å². The van der Waals surface area contributed by atoms with Gasteiger partial charge < -0.3 is 19.8 Å². The van der Waals surface area contributed by atoms with Gasteiger partial charge in [0, 0.05) is 6.42 Å². The molecule has 3 unspecified atom stereocenters. The molecule has 0 aromatic heterocycles. The summed E-state index contributed by atoms with van der Waals surface area (Å²) in [7, 11) is 1.56. The molecule has 328 valence electrons. The number of aliphatic hydroxyl groups is 1. The lowest BCUT2D eigenvalue weighted by atomic mass is 10.0. The number of aliphatic hydroxyl groups excluding tert-OH is 1. The van der Waals surface area contributed by atoms with E-state index >= 15 is 0 Å². The Kier molecular flexibility index (Phi) is 37.9. The smallest absolute Gasteiger partial charge is 0.387 e. The van der Waals surface area contributed by atoms with Gasteiger partial charge in [0.2, 0.25) is 5.91 Å². The molecule has 0 saturated heterocycles. The summed E-state index contributed by atoms with van der Waals surface area (Å²) in [6.45, 7) is 4.73. The number of carbonyl (C=O) groups excluding carboxylic acids is 1. The minimum Gasteiger partial charge on any atom is -0.387 e. The molecule has 0 fully saturated rings. The molecule has 0 saturated carbocycles. The maximum Gasteiger partial charge on any atom is 0.472 e. The number of amides is 1. The fraction of sp³-hybridized carbons (Fsp3) is 0.809. The zero-order chi connectivity index (χ0) is 41.4. The van der Waals surface area contributed by atoms with E-state index in [2.05, 4.69) is 55.6 Å². The van der Waals surface area contributed by atoms with Crippen molar-refractivity contribution in [3.05, 3.63) is 48.6 Å². The van der Waals surface area contributed by atoms with Crippen LogP contribution in [0.15, 0.2) is 48.6 Å². The highest BCUT2D eigenvalue weighted by Gasteiger charge is 2.27. The zero-order valence-electron chi connectivity index (χ0n) is 37.1. The number of nitrogens with one attached hydrogen (secondary N) is 1. The maximum atomic E-state index is 12.8. The second-order valence-corrected chi connectivity index (χ2v) is 18.2. The van der Waals surface area contributed by atoms with E-state index in [4.69, 9.17) is 9.05 Å². The molecule has 0 heterocycles. The number of carbonyl (C=O) groups is 1. The molecule has 0 aliphatic rings. The van der Waals surface area contributed by atoms with E-state index in [9.17, 15) is 19.4 Å². The first-order valence-corrected chi connectivity index (χ1v) is 24.5. The van der Waals surface area contributed by atoms with Gasteiger partial charge in [0.25, 0.3) is 0 Å². The summed E-state index contributed by atoms with van der Waals surface area (Å²) in [4.78, 5) is 23.0. The summed E-state index contributed by atoms with van der Waals surface area (Å²) >= 11 is 0. The number of quaternary nitrogens is 1. The Morgan fingerprint density at radius 3 is 1.48 bits per heavy atom. The van der Waals surface area contributed by atoms with E-state index in [1.165, 1.54) is 122 Å². The van der Waals surface area contributed by atoms with Crippen molar-refractivity contribution in [2.75, 3.05) is 40.9 Å². The Morgan fingerprint density at radius 2 is 1.02 bits per heavy atom. The van der Waals surface area contributed by atoms with E-state index < -0.39 is 20.0 Å². The van der Waals surface area contributed by atoms with Gasteiger partial charge in [-0.15, -0.1) is 0 Å². The van der Waals surface area contributed by atoms with Gasteiger partial charge in [0.1, 0.15) is 13.2 Å². The molecule has 56 heavy (non-hydrogen) atoms. The average molecular weight is 810 g/mol. The predicted molar refractivity (Wildman–Crippen MR) is 240 cm³/mol. The number of rotatable bonds is 41. The normalized spacial score (nSPS) is 14.8. The number of hydrogen-bond donors (Lipinski definition) is 3. The van der Waals surface area contributed by atoms with Gasteiger partial charge in [-0.2, -0.15) is 0 Å². The van der Waals surface area contributed by atoms with E-state index in [1.54, 1.807) is 6.08 Å². The summed E-state index contributed by atoms with van der Waals surface area (Å²) in [5.74, 6) is -0.185. The molecule has 0 aromatic rings. The number of phosphoric acid groups is 1. The SMILES string of the molecule is CCCCCCC/C=C\C/C=C\C/C=C\CCCCCCCCCCCCCCC(=O)NC(COP(=O)(O)OCC[N+](C)(C)C)C(O)/C=C/CCCCCCC. The van der Waals surface area contributed by atoms with Gasteiger partial charge in [-0.1, -0.05) is 178 Å². The highest BCUT2D eigenvalue weighted by Crippen LogP contribution is 2.43. The summed E-state index contributed by atoms with van der Waals surface area (Å²) in [6.07, 6.45) is 49.2. The molecular formula is C47H90N2O6P+. The molecular weight excluding hydrogens is 719 g/mol. The van der Waals surface area contributed by atoms with Crippen molar-refractivity contribution in [3.8, 4) is 0 Å². The second-order valence-electron chi connectivity index (χ2n) is 16.8. The first-order valence-electron chi connectivity index (χ1n) is 23.0. The Balaban J connectivity index is 4.07. The molecule has 3 N–H and O–H groups in total. The van der Waals surface area contributed by atoms with Crippen LogP contribution in [0.25, 0.3) is 0 Å². The summed E-state index contributed by atoms with van der Waals surface area (Å²) in [5.41, 5.74) is 0. The highest BCUT2D eigenvalue weighted by molar-refractivity contribution is 7.47. The first kappa shape index (κ1) is 54.5. The van der Waals surface area contributed by atoms with Crippen LogP contribution in [0.5, 0.6) is 0 Å². The number of nitrogens with zero attached hydrogens (tertiary/aromatic N) is 1. The molecule has 9 heteroatoms. The van der Waals surface area contributed by atoms with Crippen molar-refractivity contribution in [1.29, 1.82) is 0 Å². The number of phosphoric ester groups is 1. The van der Waals surface area contributed by atoms with Crippen LogP contribution >= 0.6 is 7.82 Å². The minimum absolute atomic E-state index is 0.0595. The van der Waals surface area contributed by atoms with Crippen LogP contribution in [0.2, 0.25) is 0 Å². The van der Waals surface area contributed by atoms with E-state index in [0.29, 0.717) is 17.4 Å². The van der Waals surface area contributed by atoms with Crippen molar-refractivity contribution in [1.82, 2.24) is 5.32 Å². The molecule has 0 aliphatic heterocycles. The lowest BCUT2D eigenvalue weighted by Crippen LogP contribution is -2.45. The monoisotopic (exact) mass is 810 g/mol. The van der Waals surface area contributed by atoms with Gasteiger partial charge in [0.05, 0.1) is 39.9 Å². The van der Waals surface area contributed by atoms with E-state index in [0.717, 1.165) is 51.4 Å². The number of likely N-dealkylation sites (N-methyl/N-ethyl adjacent to an activating group) is 1. The van der Waals surface area contributed by atoms with E-state index in [1.807, 2.05) is 27.2 Å². The molecule has 0 radical (unpaired) electrons. The van der Waals surface area contributed by atoms with Gasteiger partial charge >= 0.3 is 7.82 Å². The van der Waals surface area contributed by atoms with E-state index in [-0.39, 0.29) is 19.1 Å². The fourth-order valence-corrected chi connectivity index (χ4v) is 7.08. The minimum atomic E-state index is -4.33. The third-order valence-corrected chi connectivity index (χ3v) is 11.0. The summed E-state index contributed by atoms with van der Waals surface area (Å²) in [5, 5.41) is 13.7. The Morgan fingerprint density at radius 1 is 0.607 bits per heavy atom. The first-order chi connectivity index (χ1) is 27.0. The molecule has 0 aliphatic carbocycles. The standard InChI is InChI=1S/C47H89N2O6P/c1-6-8-10-12-14-15-16-17-18-19-20-21-22-23-24-25-26-27-28-29-30-31-32-33-35-37-39-41-47(51)48-45(46(50)40-38-36-34-13-11-9-7-2)44-55-56(52,53)54-43-42-49(3,4)5/h16-17,19-20,22-23,38,40,45-46,50H,6-15,18,21,24-37,39,41-44H2,1-5H3,(H-,48,51,52,53)/p+1/b17-16-,20-19-,23-22-,40-38+.